The number of nitrogens with one attached hydrogen (secondary N) is 2. The maximum absolute atomic E-state index is 4.32. The van der Waals surface area contributed by atoms with Gasteiger partial charge in [0, 0.05) is 26.7 Å². The first-order chi connectivity index (χ1) is 9.78. The van der Waals surface area contributed by atoms with Crippen molar-refractivity contribution in [2.75, 3.05) is 40.3 Å². The Morgan fingerprint density at radius 2 is 1.90 bits per heavy atom. The lowest BCUT2D eigenvalue weighted by Crippen LogP contribution is -2.40. The van der Waals surface area contributed by atoms with Crippen molar-refractivity contribution in [3.05, 3.63) is 0 Å². The fourth-order valence-corrected chi connectivity index (χ4v) is 3.55. The first kappa shape index (κ1) is 19.0. The molecule has 124 valence electrons. The van der Waals surface area contributed by atoms with Gasteiger partial charge in [0.2, 0.25) is 0 Å². The molecule has 1 saturated carbocycles. The van der Waals surface area contributed by atoms with Gasteiger partial charge < -0.3 is 15.5 Å². The van der Waals surface area contributed by atoms with Crippen molar-refractivity contribution < 1.29 is 0 Å². The standard InChI is InChI=1S/C16H32N4.HI/c1-17-16(19-12-15-9-11-20(2)13-15)18-10-5-8-14-6-3-4-7-14;/h14-15H,3-13H2,1-2H3,(H2,17,18,19);1H. The number of hydrogen-bond donors (Lipinski definition) is 2. The molecule has 2 rings (SSSR count). The van der Waals surface area contributed by atoms with Gasteiger partial charge in [0.15, 0.2) is 5.96 Å². The summed E-state index contributed by atoms with van der Waals surface area (Å²) in [6.45, 7) is 4.55. The van der Waals surface area contributed by atoms with Crippen LogP contribution in [0.3, 0.4) is 0 Å². The zero-order chi connectivity index (χ0) is 14.2. The Hall–Kier alpha value is -0.0400. The van der Waals surface area contributed by atoms with Gasteiger partial charge >= 0.3 is 0 Å². The van der Waals surface area contributed by atoms with Crippen LogP contribution in [0, 0.1) is 11.8 Å². The molecule has 21 heavy (non-hydrogen) atoms. The van der Waals surface area contributed by atoms with Crippen LogP contribution < -0.4 is 10.6 Å². The molecule has 0 amide bonds. The van der Waals surface area contributed by atoms with Crippen LogP contribution in [0.5, 0.6) is 0 Å². The van der Waals surface area contributed by atoms with E-state index in [-0.39, 0.29) is 24.0 Å². The van der Waals surface area contributed by atoms with Gasteiger partial charge in [-0.3, -0.25) is 4.99 Å². The molecule has 2 fully saturated rings. The third-order valence-corrected chi connectivity index (χ3v) is 4.83. The van der Waals surface area contributed by atoms with E-state index in [1.165, 1.54) is 58.0 Å². The Morgan fingerprint density at radius 3 is 2.52 bits per heavy atom. The van der Waals surface area contributed by atoms with Gasteiger partial charge in [0.25, 0.3) is 0 Å². The molecule has 5 heteroatoms. The molecule has 0 aromatic heterocycles. The molecule has 0 spiro atoms. The smallest absolute Gasteiger partial charge is 0.190 e. The van der Waals surface area contributed by atoms with Gasteiger partial charge in [-0.2, -0.15) is 0 Å². The molecule has 1 aliphatic heterocycles. The second kappa shape index (κ2) is 10.6. The summed E-state index contributed by atoms with van der Waals surface area (Å²) < 4.78 is 0. The minimum Gasteiger partial charge on any atom is -0.356 e. The molecule has 2 N–H and O–H groups in total. The lowest BCUT2D eigenvalue weighted by molar-refractivity contribution is 0.393. The van der Waals surface area contributed by atoms with E-state index in [4.69, 9.17) is 0 Å². The number of hydrogen-bond acceptors (Lipinski definition) is 2. The van der Waals surface area contributed by atoms with Crippen molar-refractivity contribution in [2.45, 2.75) is 44.9 Å². The lowest BCUT2D eigenvalue weighted by Gasteiger charge is -2.16. The summed E-state index contributed by atoms with van der Waals surface area (Å²) in [6, 6.07) is 0. The number of aliphatic imine (C=N–C) groups is 1. The number of guanidine groups is 1. The van der Waals surface area contributed by atoms with E-state index in [2.05, 4.69) is 27.6 Å². The largest absolute Gasteiger partial charge is 0.356 e. The molecule has 0 bridgehead atoms. The fraction of sp³-hybridized carbons (Fsp3) is 0.938. The average Bonchev–Trinajstić information content (AvgIpc) is 3.09. The maximum atomic E-state index is 4.32. The van der Waals surface area contributed by atoms with Crippen LogP contribution in [-0.2, 0) is 0 Å². The van der Waals surface area contributed by atoms with Crippen molar-refractivity contribution in [1.82, 2.24) is 15.5 Å². The SMILES string of the molecule is CN=C(NCCCC1CCCC1)NCC1CCN(C)C1.I. The van der Waals surface area contributed by atoms with Crippen molar-refractivity contribution >= 4 is 29.9 Å². The monoisotopic (exact) mass is 408 g/mol. The highest BCUT2D eigenvalue weighted by atomic mass is 127. The van der Waals surface area contributed by atoms with Gasteiger partial charge in [-0.1, -0.05) is 25.7 Å². The predicted octanol–water partition coefficient (Wildman–Crippen LogP) is 2.69. The molecule has 4 nitrogen and oxygen atoms in total. The summed E-state index contributed by atoms with van der Waals surface area (Å²) in [6.07, 6.45) is 9.80. The Labute approximate surface area is 147 Å². The van der Waals surface area contributed by atoms with Gasteiger partial charge in [-0.15, -0.1) is 24.0 Å². The number of nitrogens with zero attached hydrogens (tertiary/aromatic N) is 2. The molecular weight excluding hydrogens is 375 g/mol. The van der Waals surface area contributed by atoms with Gasteiger partial charge in [0.05, 0.1) is 0 Å². The van der Waals surface area contributed by atoms with Crippen LogP contribution in [0.25, 0.3) is 0 Å². The molecule has 1 atom stereocenters. The second-order valence-electron chi connectivity index (χ2n) is 6.59. The number of likely N-dealkylation sites (tertiary alicyclic amines) is 1. The molecule has 1 heterocycles. The van der Waals surface area contributed by atoms with Crippen molar-refractivity contribution in [1.29, 1.82) is 0 Å². The van der Waals surface area contributed by atoms with Crippen LogP contribution in [-0.4, -0.2) is 51.1 Å². The van der Waals surface area contributed by atoms with Crippen molar-refractivity contribution in [3.8, 4) is 0 Å². The van der Waals surface area contributed by atoms with Crippen molar-refractivity contribution in [3.63, 3.8) is 0 Å². The first-order valence-corrected chi connectivity index (χ1v) is 8.41. The van der Waals surface area contributed by atoms with Gasteiger partial charge in [-0.05, 0) is 44.7 Å². The topological polar surface area (TPSA) is 39.7 Å². The minimum atomic E-state index is 0. The van der Waals surface area contributed by atoms with Crippen molar-refractivity contribution in [2.24, 2.45) is 16.8 Å². The van der Waals surface area contributed by atoms with Crippen LogP contribution in [0.4, 0.5) is 0 Å². The minimum absolute atomic E-state index is 0. The highest BCUT2D eigenvalue weighted by Crippen LogP contribution is 2.28. The van der Waals surface area contributed by atoms with Crippen LogP contribution in [0.1, 0.15) is 44.9 Å². The Kier molecular flexibility index (Phi) is 9.64. The highest BCUT2D eigenvalue weighted by molar-refractivity contribution is 14.0. The lowest BCUT2D eigenvalue weighted by atomic mass is 10.0. The Balaban J connectivity index is 0.00000220. The quantitative estimate of drug-likeness (QED) is 0.307. The molecule has 1 unspecified atom stereocenters. The van der Waals surface area contributed by atoms with Crippen LogP contribution >= 0.6 is 24.0 Å². The molecule has 0 aromatic rings. The average molecular weight is 408 g/mol. The van der Waals surface area contributed by atoms with E-state index in [0.717, 1.165) is 30.9 Å². The van der Waals surface area contributed by atoms with E-state index >= 15 is 0 Å². The third kappa shape index (κ3) is 7.17. The molecule has 2 aliphatic rings. The van der Waals surface area contributed by atoms with Gasteiger partial charge in [0.1, 0.15) is 0 Å². The summed E-state index contributed by atoms with van der Waals surface area (Å²) in [5, 5.41) is 6.93. The number of halogens is 1. The molecule has 0 radical (unpaired) electrons. The Bertz CT molecular complexity index is 303. The predicted molar refractivity (Wildman–Crippen MR) is 102 cm³/mol. The molecule has 0 aromatic carbocycles. The second-order valence-corrected chi connectivity index (χ2v) is 6.59. The molecule has 1 saturated heterocycles. The van der Waals surface area contributed by atoms with E-state index < -0.39 is 0 Å². The maximum Gasteiger partial charge on any atom is 0.190 e. The van der Waals surface area contributed by atoms with Crippen LogP contribution in [0.2, 0.25) is 0 Å². The van der Waals surface area contributed by atoms with E-state index in [1.54, 1.807) is 0 Å². The van der Waals surface area contributed by atoms with E-state index in [0.29, 0.717) is 0 Å². The summed E-state index contributed by atoms with van der Waals surface area (Å²) >= 11 is 0. The zero-order valence-corrected chi connectivity index (χ0v) is 16.1. The molecular formula is C16H33IN4. The zero-order valence-electron chi connectivity index (χ0n) is 13.7. The summed E-state index contributed by atoms with van der Waals surface area (Å²) in [4.78, 5) is 6.73. The fourth-order valence-electron chi connectivity index (χ4n) is 3.55. The van der Waals surface area contributed by atoms with Gasteiger partial charge in [-0.25, -0.2) is 0 Å². The Morgan fingerprint density at radius 1 is 1.14 bits per heavy atom. The van der Waals surface area contributed by atoms with Crippen LogP contribution in [0.15, 0.2) is 4.99 Å². The normalized spacial score (nSPS) is 24.1. The third-order valence-electron chi connectivity index (χ3n) is 4.83. The van der Waals surface area contributed by atoms with E-state index in [1.807, 2.05) is 7.05 Å². The highest BCUT2D eigenvalue weighted by Gasteiger charge is 2.19. The van der Waals surface area contributed by atoms with E-state index in [9.17, 15) is 0 Å². The summed E-state index contributed by atoms with van der Waals surface area (Å²) in [7, 11) is 4.07. The first-order valence-electron chi connectivity index (χ1n) is 8.41. The summed E-state index contributed by atoms with van der Waals surface area (Å²) in [5.41, 5.74) is 0. The molecule has 1 aliphatic carbocycles. The number of rotatable bonds is 6. The summed E-state index contributed by atoms with van der Waals surface area (Å²) in [5.74, 6) is 2.75.